The molecule has 0 saturated carbocycles. The lowest BCUT2D eigenvalue weighted by molar-refractivity contribution is 0.583. The zero-order valence-corrected chi connectivity index (χ0v) is 10.5. The molecule has 0 bridgehead atoms. The van der Waals surface area contributed by atoms with Gasteiger partial charge in [-0.2, -0.15) is 0 Å². The summed E-state index contributed by atoms with van der Waals surface area (Å²) in [5.74, 6) is 0. The van der Waals surface area contributed by atoms with E-state index in [1.54, 1.807) is 0 Å². The second-order valence-electron chi connectivity index (χ2n) is 3.24. The van der Waals surface area contributed by atoms with Crippen LogP contribution in [0.2, 0.25) is 0 Å². The Kier molecular flexibility index (Phi) is 3.85. The number of para-hydroxylation sites is 2. The Hall–Kier alpha value is -1.72. The molecule has 0 unspecified atom stereocenters. The molecule has 5 heteroatoms. The van der Waals surface area contributed by atoms with Crippen molar-refractivity contribution in [2.45, 2.75) is 0 Å². The number of hydrogen-bond acceptors (Lipinski definition) is 3. The van der Waals surface area contributed by atoms with Gasteiger partial charge >= 0.3 is 0 Å². The summed E-state index contributed by atoms with van der Waals surface area (Å²) in [5, 5.41) is 0. The van der Waals surface area contributed by atoms with Crippen molar-refractivity contribution < 1.29 is 4.42 Å². The van der Waals surface area contributed by atoms with Crippen LogP contribution in [0.25, 0.3) is 11.1 Å². The maximum Gasteiger partial charge on any atom is 0.266 e. The van der Waals surface area contributed by atoms with Gasteiger partial charge in [0.05, 0.1) is 5.52 Å². The van der Waals surface area contributed by atoms with Gasteiger partial charge in [0.25, 0.3) is 4.84 Å². The van der Waals surface area contributed by atoms with Crippen molar-refractivity contribution in [3.8, 4) is 0 Å². The number of nitrogens with one attached hydrogen (secondary N) is 2. The van der Waals surface area contributed by atoms with Gasteiger partial charge in [0.15, 0.2) is 5.58 Å². The maximum absolute atomic E-state index is 5.13. The number of rotatable bonds is 0. The first-order chi connectivity index (χ1) is 8.25. The first-order valence-corrected chi connectivity index (χ1v) is 5.79. The number of fused-ring (bicyclic) bond motifs is 1. The number of oxazole rings is 1. The molecule has 3 aromatic rings. The van der Waals surface area contributed by atoms with E-state index >= 15 is 0 Å². The standard InChI is InChI=1S/C7H5NOS.C5H5NS/c10-7-8-5-3-1-2-4-6(5)9-7;7-5-3-1-2-4-6-5/h1-4H,(H,8,10);1-4H,(H,6,7). The highest BCUT2D eigenvalue weighted by Crippen LogP contribution is 2.10. The van der Waals surface area contributed by atoms with E-state index in [-0.39, 0.29) is 0 Å². The van der Waals surface area contributed by atoms with Crippen LogP contribution in [-0.4, -0.2) is 9.97 Å². The van der Waals surface area contributed by atoms with Crippen molar-refractivity contribution in [3.05, 3.63) is 58.1 Å². The van der Waals surface area contributed by atoms with Gasteiger partial charge in [0, 0.05) is 6.20 Å². The fourth-order valence-electron chi connectivity index (χ4n) is 1.27. The van der Waals surface area contributed by atoms with E-state index in [9.17, 15) is 0 Å². The quantitative estimate of drug-likeness (QED) is 0.596. The van der Waals surface area contributed by atoms with Gasteiger partial charge in [0.1, 0.15) is 4.64 Å². The predicted octanol–water partition coefficient (Wildman–Crippen LogP) is 4.23. The number of hydrogen-bond donors (Lipinski definition) is 2. The maximum atomic E-state index is 5.13. The van der Waals surface area contributed by atoms with Crippen LogP contribution in [0, 0.1) is 9.48 Å². The largest absolute Gasteiger partial charge is 0.429 e. The molecule has 3 rings (SSSR count). The monoisotopic (exact) mass is 262 g/mol. The molecule has 2 N–H and O–H groups in total. The van der Waals surface area contributed by atoms with Crippen molar-refractivity contribution >= 4 is 35.5 Å². The highest BCUT2D eigenvalue weighted by molar-refractivity contribution is 7.71. The van der Waals surface area contributed by atoms with Gasteiger partial charge in [-0.15, -0.1) is 0 Å². The summed E-state index contributed by atoms with van der Waals surface area (Å²) < 4.78 is 5.91. The molecular weight excluding hydrogens is 252 g/mol. The van der Waals surface area contributed by atoms with Gasteiger partial charge in [-0.05, 0) is 36.5 Å². The Morgan fingerprint density at radius 2 is 1.71 bits per heavy atom. The molecule has 1 aromatic carbocycles. The lowest BCUT2D eigenvalue weighted by Gasteiger charge is -1.80. The van der Waals surface area contributed by atoms with Crippen molar-refractivity contribution in [2.24, 2.45) is 0 Å². The molecule has 0 aliphatic rings. The van der Waals surface area contributed by atoms with Crippen LogP contribution in [0.15, 0.2) is 53.1 Å². The lowest BCUT2D eigenvalue weighted by atomic mass is 10.3. The van der Waals surface area contributed by atoms with E-state index in [4.69, 9.17) is 28.9 Å². The lowest BCUT2D eigenvalue weighted by Crippen LogP contribution is -1.64. The molecular formula is C12H10N2OS2. The van der Waals surface area contributed by atoms with Crippen LogP contribution in [0.5, 0.6) is 0 Å². The predicted molar refractivity (Wildman–Crippen MR) is 73.0 cm³/mol. The highest BCUT2D eigenvalue weighted by atomic mass is 32.1. The minimum Gasteiger partial charge on any atom is -0.429 e. The molecule has 0 atom stereocenters. The SMILES string of the molecule is S=c1[nH]c2ccccc2o1.S=c1cccc[nH]1. The minimum absolute atomic E-state index is 0.432. The average molecular weight is 262 g/mol. The summed E-state index contributed by atoms with van der Waals surface area (Å²) in [7, 11) is 0. The topological polar surface area (TPSA) is 44.7 Å². The second kappa shape index (κ2) is 5.56. The van der Waals surface area contributed by atoms with Crippen LogP contribution >= 0.6 is 24.4 Å². The zero-order valence-electron chi connectivity index (χ0n) is 8.84. The van der Waals surface area contributed by atoms with Crippen molar-refractivity contribution in [3.63, 3.8) is 0 Å². The first-order valence-electron chi connectivity index (χ1n) is 4.97. The van der Waals surface area contributed by atoms with Crippen LogP contribution in [0.1, 0.15) is 0 Å². The van der Waals surface area contributed by atoms with Crippen molar-refractivity contribution in [1.82, 2.24) is 9.97 Å². The van der Waals surface area contributed by atoms with E-state index in [1.165, 1.54) is 0 Å². The molecule has 86 valence electrons. The summed E-state index contributed by atoms with van der Waals surface area (Å²) in [5.41, 5.74) is 1.76. The summed E-state index contributed by atoms with van der Waals surface area (Å²) in [6, 6.07) is 13.3. The van der Waals surface area contributed by atoms with Gasteiger partial charge in [-0.1, -0.05) is 30.4 Å². The molecule has 2 aromatic heterocycles. The molecule has 0 spiro atoms. The van der Waals surface area contributed by atoms with E-state index in [0.717, 1.165) is 15.7 Å². The Balaban J connectivity index is 0.000000136. The molecule has 0 fully saturated rings. The van der Waals surface area contributed by atoms with E-state index in [0.29, 0.717) is 4.84 Å². The molecule has 0 radical (unpaired) electrons. The van der Waals surface area contributed by atoms with Crippen LogP contribution in [-0.2, 0) is 0 Å². The Labute approximate surface area is 108 Å². The van der Waals surface area contributed by atoms with Gasteiger partial charge < -0.3 is 14.4 Å². The molecule has 2 heterocycles. The summed E-state index contributed by atoms with van der Waals surface area (Å²) >= 11 is 9.55. The third-order valence-corrected chi connectivity index (χ3v) is 2.45. The third-order valence-electron chi connectivity index (χ3n) is 2.01. The second-order valence-corrected chi connectivity index (χ2v) is 4.05. The Morgan fingerprint density at radius 3 is 2.29 bits per heavy atom. The molecule has 3 nitrogen and oxygen atoms in total. The first kappa shape index (κ1) is 11.8. The smallest absolute Gasteiger partial charge is 0.266 e. The van der Waals surface area contributed by atoms with Gasteiger partial charge in [-0.25, -0.2) is 0 Å². The van der Waals surface area contributed by atoms with E-state index < -0.39 is 0 Å². The zero-order chi connectivity index (χ0) is 12.1. The highest BCUT2D eigenvalue weighted by Gasteiger charge is 1.93. The number of H-pyrrole nitrogens is 2. The normalized spacial score (nSPS) is 9.65. The van der Waals surface area contributed by atoms with Crippen LogP contribution in [0.3, 0.4) is 0 Å². The number of aromatic nitrogens is 2. The van der Waals surface area contributed by atoms with Crippen molar-refractivity contribution in [2.75, 3.05) is 0 Å². The van der Waals surface area contributed by atoms with E-state index in [1.807, 2.05) is 48.7 Å². The van der Waals surface area contributed by atoms with Crippen molar-refractivity contribution in [1.29, 1.82) is 0 Å². The number of pyridine rings is 1. The summed E-state index contributed by atoms with van der Waals surface area (Å²) in [6.45, 7) is 0. The minimum atomic E-state index is 0.432. The molecule has 0 aliphatic heterocycles. The summed E-state index contributed by atoms with van der Waals surface area (Å²) in [6.07, 6.45) is 1.81. The van der Waals surface area contributed by atoms with Crippen LogP contribution in [0.4, 0.5) is 0 Å². The van der Waals surface area contributed by atoms with Gasteiger partial charge in [-0.3, -0.25) is 0 Å². The average Bonchev–Trinajstić information content (AvgIpc) is 2.71. The molecule has 0 saturated heterocycles. The fourth-order valence-corrected chi connectivity index (χ4v) is 1.62. The molecule has 17 heavy (non-hydrogen) atoms. The fraction of sp³-hybridized carbons (Fsp3) is 0. The molecule has 0 aliphatic carbocycles. The van der Waals surface area contributed by atoms with E-state index in [2.05, 4.69) is 9.97 Å². The Morgan fingerprint density at radius 1 is 0.941 bits per heavy atom. The Bertz CT molecular complexity index is 658. The third kappa shape index (κ3) is 3.37. The number of aromatic amines is 2. The number of benzene rings is 1. The molecule has 0 amide bonds. The van der Waals surface area contributed by atoms with Gasteiger partial charge in [0.2, 0.25) is 0 Å². The van der Waals surface area contributed by atoms with Crippen LogP contribution < -0.4 is 0 Å². The summed E-state index contributed by atoms with van der Waals surface area (Å²) in [4.78, 5) is 6.18.